The van der Waals surface area contributed by atoms with Crippen molar-refractivity contribution in [2.45, 2.75) is 19.0 Å². The Kier molecular flexibility index (Phi) is 3.88. The number of benzene rings is 2. The minimum atomic E-state index is 0.625. The summed E-state index contributed by atoms with van der Waals surface area (Å²) in [6.45, 7) is 2.64. The van der Waals surface area contributed by atoms with Crippen LogP contribution in [-0.4, -0.2) is 33.2 Å². The number of hydrogen-bond donors (Lipinski definition) is 1. The average Bonchev–Trinajstić information content (AvgIpc) is 3.19. The number of aromatic nitrogens is 3. The molecule has 0 amide bonds. The fraction of sp³-hybridized carbons (Fsp3) is 0.259. The van der Waals surface area contributed by atoms with Crippen molar-refractivity contribution in [3.63, 3.8) is 0 Å². The third-order valence-corrected chi connectivity index (χ3v) is 7.65. The van der Waals surface area contributed by atoms with Crippen molar-refractivity contribution in [2.24, 2.45) is 17.6 Å². The lowest BCUT2D eigenvalue weighted by Crippen LogP contribution is -2.27. The molecule has 0 spiro atoms. The van der Waals surface area contributed by atoms with Crippen LogP contribution in [0.5, 0.6) is 0 Å². The highest BCUT2D eigenvalue weighted by Gasteiger charge is 2.52. The van der Waals surface area contributed by atoms with Gasteiger partial charge in [-0.15, -0.1) is 0 Å². The predicted molar refractivity (Wildman–Crippen MR) is 128 cm³/mol. The van der Waals surface area contributed by atoms with E-state index in [0.717, 1.165) is 48.2 Å². The summed E-state index contributed by atoms with van der Waals surface area (Å²) in [4.78, 5) is 7.28. The van der Waals surface area contributed by atoms with Gasteiger partial charge in [0.1, 0.15) is 0 Å². The zero-order valence-electron chi connectivity index (χ0n) is 18.2. The topological polar surface area (TPSA) is 75.8 Å². The first-order valence-corrected chi connectivity index (χ1v) is 11.6. The van der Waals surface area contributed by atoms with Crippen LogP contribution in [0.4, 0.5) is 5.69 Å². The molecule has 7 rings (SSSR count). The smallest absolute Gasteiger partial charge is 0.161 e. The van der Waals surface area contributed by atoms with E-state index in [4.69, 9.17) is 16.0 Å². The van der Waals surface area contributed by atoms with Crippen molar-refractivity contribution in [2.75, 3.05) is 18.0 Å². The summed E-state index contributed by atoms with van der Waals surface area (Å²) < 4.78 is 4.50. The SMILES string of the molecule is N#Cc1ccc(-c2cc3n(c2)Cc2cc(N4CC(CN)C5CC54)ccc2-n2ccnc2-3)cc1. The lowest BCUT2D eigenvalue weighted by Gasteiger charge is -2.24. The molecular formula is C27H24N6. The molecule has 3 atom stereocenters. The maximum atomic E-state index is 9.12. The van der Waals surface area contributed by atoms with E-state index in [9.17, 15) is 0 Å². The van der Waals surface area contributed by atoms with Gasteiger partial charge in [-0.25, -0.2) is 4.98 Å². The van der Waals surface area contributed by atoms with Crippen molar-refractivity contribution in [1.29, 1.82) is 5.26 Å². The van der Waals surface area contributed by atoms with Crippen LogP contribution in [-0.2, 0) is 6.54 Å². The number of nitrogens with zero attached hydrogens (tertiary/aromatic N) is 5. The third-order valence-electron chi connectivity index (χ3n) is 7.65. The molecule has 6 heteroatoms. The summed E-state index contributed by atoms with van der Waals surface area (Å²) in [5, 5.41) is 9.12. The maximum absolute atomic E-state index is 9.12. The van der Waals surface area contributed by atoms with E-state index in [2.05, 4.69) is 56.8 Å². The minimum absolute atomic E-state index is 0.625. The minimum Gasteiger partial charge on any atom is -0.368 e. The number of imidazole rings is 1. The van der Waals surface area contributed by atoms with Gasteiger partial charge >= 0.3 is 0 Å². The Morgan fingerprint density at radius 2 is 1.97 bits per heavy atom. The normalized spacial score (nSPS) is 22.1. The van der Waals surface area contributed by atoms with Gasteiger partial charge in [0, 0.05) is 49.0 Å². The molecule has 3 unspecified atom stereocenters. The summed E-state index contributed by atoms with van der Waals surface area (Å²) in [6.07, 6.45) is 7.41. The zero-order valence-corrected chi connectivity index (χ0v) is 18.2. The molecule has 4 heterocycles. The summed E-state index contributed by atoms with van der Waals surface area (Å²) in [6, 6.07) is 19.7. The Labute approximate surface area is 192 Å². The van der Waals surface area contributed by atoms with E-state index in [-0.39, 0.29) is 0 Å². The van der Waals surface area contributed by atoms with Crippen LogP contribution in [0.15, 0.2) is 67.1 Å². The second-order valence-electron chi connectivity index (χ2n) is 9.48. The largest absolute Gasteiger partial charge is 0.368 e. The molecule has 1 saturated carbocycles. The van der Waals surface area contributed by atoms with E-state index >= 15 is 0 Å². The Morgan fingerprint density at radius 1 is 1.09 bits per heavy atom. The third kappa shape index (κ3) is 2.79. The van der Waals surface area contributed by atoms with Crippen LogP contribution >= 0.6 is 0 Å². The molecule has 2 N–H and O–H groups in total. The van der Waals surface area contributed by atoms with E-state index in [1.807, 2.05) is 30.5 Å². The van der Waals surface area contributed by atoms with Crippen molar-refractivity contribution in [3.05, 3.63) is 78.2 Å². The van der Waals surface area contributed by atoms with Crippen LogP contribution in [0.2, 0.25) is 0 Å². The van der Waals surface area contributed by atoms with Crippen LogP contribution in [0, 0.1) is 23.2 Å². The first-order chi connectivity index (χ1) is 16.2. The summed E-state index contributed by atoms with van der Waals surface area (Å²) >= 11 is 0. The highest BCUT2D eigenvalue weighted by atomic mass is 15.2. The van der Waals surface area contributed by atoms with Crippen molar-refractivity contribution in [3.8, 4) is 34.4 Å². The number of nitrogens with two attached hydrogens (primary N) is 1. The van der Waals surface area contributed by atoms with Gasteiger partial charge in [0.15, 0.2) is 5.82 Å². The number of fused-ring (bicyclic) bond motifs is 6. The van der Waals surface area contributed by atoms with E-state index in [1.165, 1.54) is 23.4 Å². The highest BCUT2D eigenvalue weighted by molar-refractivity contribution is 5.72. The average molecular weight is 433 g/mol. The molecule has 6 nitrogen and oxygen atoms in total. The fourth-order valence-corrected chi connectivity index (χ4v) is 5.84. The van der Waals surface area contributed by atoms with Crippen molar-refractivity contribution in [1.82, 2.24) is 14.1 Å². The molecule has 1 aliphatic carbocycles. The van der Waals surface area contributed by atoms with Gasteiger partial charge in [-0.05, 0) is 72.3 Å². The van der Waals surface area contributed by atoms with E-state index in [0.29, 0.717) is 17.5 Å². The second kappa shape index (κ2) is 6.84. The molecule has 33 heavy (non-hydrogen) atoms. The van der Waals surface area contributed by atoms with E-state index in [1.54, 1.807) is 0 Å². The lowest BCUT2D eigenvalue weighted by atomic mass is 10.1. The molecule has 0 radical (unpaired) electrons. The molecule has 162 valence electrons. The Hall–Kier alpha value is -3.82. The summed E-state index contributed by atoms with van der Waals surface area (Å²) in [7, 11) is 0. The number of anilines is 1. The maximum Gasteiger partial charge on any atom is 0.161 e. The van der Waals surface area contributed by atoms with Gasteiger partial charge in [-0.2, -0.15) is 5.26 Å². The van der Waals surface area contributed by atoms with Crippen LogP contribution in [0.25, 0.3) is 28.3 Å². The van der Waals surface area contributed by atoms with Crippen molar-refractivity contribution >= 4 is 5.69 Å². The summed E-state index contributed by atoms with van der Waals surface area (Å²) in [5.74, 6) is 2.35. The fourth-order valence-electron chi connectivity index (χ4n) is 5.84. The van der Waals surface area contributed by atoms with Gasteiger partial charge < -0.3 is 15.2 Å². The van der Waals surface area contributed by atoms with Crippen LogP contribution in [0.3, 0.4) is 0 Å². The molecule has 1 saturated heterocycles. The standard InChI is InChI=1S/C27H24N6/c28-12-17-1-3-18(4-2-17)19-10-26-27-30-7-8-32(27)24-6-5-22(9-20(24)15-31(26)14-19)33-16-21(13-29)23-11-25(23)33/h1-10,14,21,23,25H,11,13,15-16,29H2. The van der Waals surface area contributed by atoms with Crippen LogP contribution < -0.4 is 10.6 Å². The number of piperidine rings is 1. The number of rotatable bonds is 3. The molecule has 2 aromatic heterocycles. The molecular weight excluding hydrogens is 408 g/mol. The Balaban J connectivity index is 1.30. The highest BCUT2D eigenvalue weighted by Crippen LogP contribution is 2.50. The second-order valence-corrected chi connectivity index (χ2v) is 9.48. The lowest BCUT2D eigenvalue weighted by molar-refractivity contribution is 0.528. The van der Waals surface area contributed by atoms with Gasteiger partial charge in [0.25, 0.3) is 0 Å². The Bertz CT molecular complexity index is 1420. The molecule has 3 aliphatic rings. The zero-order chi connectivity index (χ0) is 22.1. The summed E-state index contributed by atoms with van der Waals surface area (Å²) in [5.41, 5.74) is 13.8. The monoisotopic (exact) mass is 432 g/mol. The van der Waals surface area contributed by atoms with Crippen LogP contribution in [0.1, 0.15) is 17.5 Å². The molecule has 2 aromatic carbocycles. The molecule has 0 bridgehead atoms. The van der Waals surface area contributed by atoms with E-state index < -0.39 is 0 Å². The molecule has 2 aliphatic heterocycles. The Morgan fingerprint density at radius 3 is 2.76 bits per heavy atom. The van der Waals surface area contributed by atoms with Crippen molar-refractivity contribution < 1.29 is 0 Å². The van der Waals surface area contributed by atoms with Gasteiger partial charge in [0.05, 0.1) is 23.0 Å². The first-order valence-electron chi connectivity index (χ1n) is 11.6. The first kappa shape index (κ1) is 18.7. The quantitative estimate of drug-likeness (QED) is 0.467. The molecule has 4 aromatic rings. The number of nitriles is 1. The van der Waals surface area contributed by atoms with Gasteiger partial charge in [0.2, 0.25) is 0 Å². The molecule has 2 fully saturated rings. The predicted octanol–water partition coefficient (Wildman–Crippen LogP) is 4.02. The number of hydrogen-bond acceptors (Lipinski definition) is 4. The van der Waals surface area contributed by atoms with Gasteiger partial charge in [-0.3, -0.25) is 4.57 Å². The van der Waals surface area contributed by atoms with Gasteiger partial charge in [-0.1, -0.05) is 12.1 Å².